The molecule has 0 aromatic carbocycles. The lowest BCUT2D eigenvalue weighted by atomic mass is 9.87. The summed E-state index contributed by atoms with van der Waals surface area (Å²) in [5.74, 6) is 0.346. The van der Waals surface area contributed by atoms with Crippen molar-refractivity contribution in [3.05, 3.63) is 0 Å². The van der Waals surface area contributed by atoms with Gasteiger partial charge in [0, 0.05) is 13.2 Å². The summed E-state index contributed by atoms with van der Waals surface area (Å²) in [5, 5.41) is 3.51. The fraction of sp³-hybridized carbons (Fsp3) is 0.917. The lowest BCUT2D eigenvalue weighted by molar-refractivity contribution is -0.138. The molecular formula is C12H20N2O2. The molecule has 1 aliphatic heterocycles. The maximum atomic E-state index is 12.3. The van der Waals surface area contributed by atoms with Crippen molar-refractivity contribution in [2.75, 3.05) is 7.11 Å². The molecule has 1 amide bonds. The van der Waals surface area contributed by atoms with Crippen molar-refractivity contribution < 1.29 is 9.53 Å². The van der Waals surface area contributed by atoms with Gasteiger partial charge in [-0.15, -0.1) is 0 Å². The highest BCUT2D eigenvalue weighted by molar-refractivity contribution is 5.92. The second kappa shape index (κ2) is 3.44. The molecule has 0 radical (unpaired) electrons. The Morgan fingerprint density at radius 3 is 2.69 bits per heavy atom. The average Bonchev–Trinajstić information content (AvgIpc) is 2.94. The normalized spacial score (nSPS) is 40.2. The van der Waals surface area contributed by atoms with Gasteiger partial charge in [0.05, 0.1) is 17.8 Å². The minimum Gasteiger partial charge on any atom is -0.381 e. The molecule has 1 atom stereocenters. The van der Waals surface area contributed by atoms with E-state index in [-0.39, 0.29) is 11.7 Å². The van der Waals surface area contributed by atoms with Crippen LogP contribution in [0.3, 0.4) is 0 Å². The van der Waals surface area contributed by atoms with Gasteiger partial charge in [-0.25, -0.2) is 0 Å². The molecule has 4 nitrogen and oxygen atoms in total. The number of methoxy groups -OCH3 is 1. The van der Waals surface area contributed by atoms with Crippen molar-refractivity contribution in [1.82, 2.24) is 10.2 Å². The van der Waals surface area contributed by atoms with Crippen molar-refractivity contribution >= 4 is 5.91 Å². The van der Waals surface area contributed by atoms with Crippen LogP contribution < -0.4 is 5.32 Å². The molecule has 4 heteroatoms. The van der Waals surface area contributed by atoms with Crippen LogP contribution in [0.5, 0.6) is 0 Å². The SMILES string of the molecule is CCC1NC2(CC2)C(=O)N1C1CC(OC)C1. The van der Waals surface area contributed by atoms with Crippen LogP contribution in [0.15, 0.2) is 0 Å². The molecule has 3 aliphatic rings. The minimum atomic E-state index is -0.154. The van der Waals surface area contributed by atoms with Gasteiger partial charge >= 0.3 is 0 Å². The number of hydrogen-bond acceptors (Lipinski definition) is 3. The number of rotatable bonds is 3. The molecule has 1 N–H and O–H groups in total. The van der Waals surface area contributed by atoms with Crippen LogP contribution in [0, 0.1) is 0 Å². The Labute approximate surface area is 96.3 Å². The van der Waals surface area contributed by atoms with Gasteiger partial charge < -0.3 is 9.64 Å². The summed E-state index contributed by atoms with van der Waals surface area (Å²) in [7, 11) is 1.75. The lowest BCUT2D eigenvalue weighted by Gasteiger charge is -2.42. The molecule has 16 heavy (non-hydrogen) atoms. The van der Waals surface area contributed by atoms with Crippen LogP contribution in [0.1, 0.15) is 39.0 Å². The molecule has 0 bridgehead atoms. The number of ether oxygens (including phenoxy) is 1. The Kier molecular flexibility index (Phi) is 2.27. The van der Waals surface area contributed by atoms with Crippen LogP contribution in [0.25, 0.3) is 0 Å². The number of carbonyl (C=O) groups excluding carboxylic acids is 1. The van der Waals surface area contributed by atoms with Crippen LogP contribution in [-0.4, -0.2) is 41.8 Å². The number of nitrogens with zero attached hydrogens (tertiary/aromatic N) is 1. The Bertz CT molecular complexity index is 308. The fourth-order valence-corrected chi connectivity index (χ4v) is 3.00. The highest BCUT2D eigenvalue weighted by atomic mass is 16.5. The second-order valence-corrected chi connectivity index (χ2v) is 5.35. The van der Waals surface area contributed by atoms with Crippen molar-refractivity contribution in [2.24, 2.45) is 0 Å². The molecule has 1 unspecified atom stereocenters. The standard InChI is InChI=1S/C12H20N2O2/c1-3-10-13-12(4-5-12)11(15)14(10)8-6-9(7-8)16-2/h8-10,13H,3-7H2,1-2H3. The van der Waals surface area contributed by atoms with Crippen molar-refractivity contribution in [1.29, 1.82) is 0 Å². The van der Waals surface area contributed by atoms with E-state index in [0.29, 0.717) is 18.1 Å². The third-order valence-electron chi connectivity index (χ3n) is 4.36. The van der Waals surface area contributed by atoms with Gasteiger partial charge in [0.25, 0.3) is 0 Å². The summed E-state index contributed by atoms with van der Waals surface area (Å²) in [5.41, 5.74) is -0.154. The summed E-state index contributed by atoms with van der Waals surface area (Å²) >= 11 is 0. The zero-order valence-corrected chi connectivity index (χ0v) is 10.0. The predicted octanol–water partition coefficient (Wildman–Crippen LogP) is 0.864. The topological polar surface area (TPSA) is 41.6 Å². The molecule has 1 spiro atoms. The largest absolute Gasteiger partial charge is 0.381 e. The Balaban J connectivity index is 1.71. The Morgan fingerprint density at radius 1 is 1.50 bits per heavy atom. The smallest absolute Gasteiger partial charge is 0.244 e. The molecule has 0 aromatic rings. The van der Waals surface area contributed by atoms with E-state index >= 15 is 0 Å². The van der Waals surface area contributed by atoms with E-state index in [0.717, 1.165) is 32.1 Å². The minimum absolute atomic E-state index is 0.154. The van der Waals surface area contributed by atoms with E-state index in [1.165, 1.54) is 0 Å². The van der Waals surface area contributed by atoms with E-state index in [1.807, 2.05) is 0 Å². The highest BCUT2D eigenvalue weighted by Gasteiger charge is 2.60. The van der Waals surface area contributed by atoms with Crippen LogP contribution in [0.4, 0.5) is 0 Å². The lowest BCUT2D eigenvalue weighted by Crippen LogP contribution is -2.52. The third-order valence-corrected chi connectivity index (χ3v) is 4.36. The molecule has 3 fully saturated rings. The van der Waals surface area contributed by atoms with Crippen molar-refractivity contribution in [3.63, 3.8) is 0 Å². The van der Waals surface area contributed by atoms with Gasteiger partial charge in [-0.1, -0.05) is 6.92 Å². The number of nitrogens with one attached hydrogen (secondary N) is 1. The van der Waals surface area contributed by atoms with E-state index in [1.54, 1.807) is 7.11 Å². The first-order valence-electron chi connectivity index (χ1n) is 6.33. The summed E-state index contributed by atoms with van der Waals surface area (Å²) < 4.78 is 5.29. The quantitative estimate of drug-likeness (QED) is 0.773. The van der Waals surface area contributed by atoms with Gasteiger partial charge in [0.15, 0.2) is 0 Å². The molecule has 2 aliphatic carbocycles. The van der Waals surface area contributed by atoms with Gasteiger partial charge in [0.1, 0.15) is 0 Å². The monoisotopic (exact) mass is 224 g/mol. The highest BCUT2D eigenvalue weighted by Crippen LogP contribution is 2.45. The summed E-state index contributed by atoms with van der Waals surface area (Å²) in [4.78, 5) is 14.4. The molecule has 1 saturated heterocycles. The first-order chi connectivity index (χ1) is 7.70. The molecule has 2 saturated carbocycles. The zero-order valence-electron chi connectivity index (χ0n) is 10.0. The number of carbonyl (C=O) groups is 1. The average molecular weight is 224 g/mol. The zero-order chi connectivity index (χ0) is 11.3. The molecule has 0 aromatic heterocycles. The summed E-state index contributed by atoms with van der Waals surface area (Å²) in [6, 6.07) is 0.412. The van der Waals surface area contributed by atoms with Crippen LogP contribution in [0.2, 0.25) is 0 Å². The molecule has 1 heterocycles. The predicted molar refractivity (Wildman–Crippen MR) is 59.8 cm³/mol. The fourth-order valence-electron chi connectivity index (χ4n) is 3.00. The Hall–Kier alpha value is -0.610. The Morgan fingerprint density at radius 2 is 2.19 bits per heavy atom. The maximum absolute atomic E-state index is 12.3. The number of hydrogen-bond donors (Lipinski definition) is 1. The molecule has 3 rings (SSSR count). The third kappa shape index (κ3) is 1.32. The van der Waals surface area contributed by atoms with Gasteiger partial charge in [-0.3, -0.25) is 10.1 Å². The van der Waals surface area contributed by atoms with Crippen LogP contribution in [-0.2, 0) is 9.53 Å². The summed E-state index contributed by atoms with van der Waals surface area (Å²) in [6.45, 7) is 2.14. The van der Waals surface area contributed by atoms with E-state index in [2.05, 4.69) is 17.1 Å². The van der Waals surface area contributed by atoms with E-state index in [4.69, 9.17) is 4.74 Å². The maximum Gasteiger partial charge on any atom is 0.244 e. The van der Waals surface area contributed by atoms with Gasteiger partial charge in [-0.05, 0) is 32.1 Å². The van der Waals surface area contributed by atoms with E-state index < -0.39 is 0 Å². The molecular weight excluding hydrogens is 204 g/mol. The van der Waals surface area contributed by atoms with Crippen LogP contribution >= 0.6 is 0 Å². The summed E-state index contributed by atoms with van der Waals surface area (Å²) in [6.07, 6.45) is 5.71. The van der Waals surface area contributed by atoms with Gasteiger partial charge in [-0.2, -0.15) is 0 Å². The molecule has 90 valence electrons. The van der Waals surface area contributed by atoms with Crippen molar-refractivity contribution in [2.45, 2.75) is 62.9 Å². The first-order valence-corrected chi connectivity index (χ1v) is 6.33. The second-order valence-electron chi connectivity index (χ2n) is 5.35. The van der Waals surface area contributed by atoms with Gasteiger partial charge in [0.2, 0.25) is 5.91 Å². The van der Waals surface area contributed by atoms with E-state index in [9.17, 15) is 4.79 Å². The number of amides is 1. The first kappa shape index (κ1) is 10.5. The van der Waals surface area contributed by atoms with Crippen molar-refractivity contribution in [3.8, 4) is 0 Å².